The second-order valence-corrected chi connectivity index (χ2v) is 14.4. The molecular formula is C43H37F6N2O+. The SMILES string of the molecule is C=CC1C[N@@+]2(Cc3c4ccccc4cc4ccccc34)CCC1C[C@@H]2[C@@H](OCc1cc(C(F)(F)F)cc(C(F)(F)F)c1)c1ccnc2ccccc12. The minimum absolute atomic E-state index is 0.160. The highest BCUT2D eigenvalue weighted by molar-refractivity contribution is 6.02. The van der Waals surface area contributed by atoms with Gasteiger partial charge in [-0.3, -0.25) is 4.98 Å². The van der Waals surface area contributed by atoms with E-state index in [2.05, 4.69) is 41.9 Å². The van der Waals surface area contributed by atoms with Crippen LogP contribution in [0.1, 0.15) is 46.8 Å². The van der Waals surface area contributed by atoms with Crippen LogP contribution in [0.15, 0.2) is 122 Å². The zero-order chi connectivity index (χ0) is 36.3. The molecule has 0 amide bonds. The lowest BCUT2D eigenvalue weighted by Crippen LogP contribution is -2.67. The van der Waals surface area contributed by atoms with E-state index in [9.17, 15) is 26.3 Å². The first-order valence-corrected chi connectivity index (χ1v) is 17.5. The summed E-state index contributed by atoms with van der Waals surface area (Å²) in [7, 11) is 0. The Bertz CT molecular complexity index is 2210. The zero-order valence-electron chi connectivity index (χ0n) is 28.3. The highest BCUT2D eigenvalue weighted by atomic mass is 19.4. The van der Waals surface area contributed by atoms with Crippen molar-refractivity contribution < 1.29 is 35.6 Å². The van der Waals surface area contributed by atoms with E-state index in [4.69, 9.17) is 4.74 Å². The van der Waals surface area contributed by atoms with E-state index >= 15 is 0 Å². The van der Waals surface area contributed by atoms with Crippen molar-refractivity contribution in [1.29, 1.82) is 0 Å². The summed E-state index contributed by atoms with van der Waals surface area (Å²) in [6.45, 7) is 6.09. The van der Waals surface area contributed by atoms with Gasteiger partial charge in [0, 0.05) is 35.9 Å². The van der Waals surface area contributed by atoms with Gasteiger partial charge in [-0.25, -0.2) is 0 Å². The quantitative estimate of drug-likeness (QED) is 0.0679. The lowest BCUT2D eigenvalue weighted by atomic mass is 9.70. The molecule has 266 valence electrons. The number of aromatic nitrogens is 1. The summed E-state index contributed by atoms with van der Waals surface area (Å²) < 4.78 is 90.7. The van der Waals surface area contributed by atoms with Crippen molar-refractivity contribution >= 4 is 32.4 Å². The maximum atomic E-state index is 13.9. The molecule has 0 spiro atoms. The molecule has 5 atom stereocenters. The van der Waals surface area contributed by atoms with Gasteiger partial charge in [0.05, 0.1) is 36.3 Å². The van der Waals surface area contributed by atoms with Crippen LogP contribution in [-0.2, 0) is 30.2 Å². The van der Waals surface area contributed by atoms with Crippen molar-refractivity contribution in [2.45, 2.75) is 50.5 Å². The third-order valence-corrected chi connectivity index (χ3v) is 11.4. The van der Waals surface area contributed by atoms with Crippen molar-refractivity contribution in [3.63, 3.8) is 0 Å². The maximum Gasteiger partial charge on any atom is 0.416 e. The Labute approximate surface area is 297 Å². The Morgan fingerprint density at radius 2 is 1.40 bits per heavy atom. The molecule has 0 N–H and O–H groups in total. The molecule has 0 aliphatic carbocycles. The Hall–Kier alpha value is -4.73. The third kappa shape index (κ3) is 6.24. The largest absolute Gasteiger partial charge is 0.416 e. The van der Waals surface area contributed by atoms with Crippen molar-refractivity contribution in [2.75, 3.05) is 13.1 Å². The maximum absolute atomic E-state index is 13.9. The van der Waals surface area contributed by atoms with Crippen LogP contribution in [0.5, 0.6) is 0 Å². The van der Waals surface area contributed by atoms with Gasteiger partial charge in [-0.1, -0.05) is 72.8 Å². The monoisotopic (exact) mass is 711 g/mol. The Morgan fingerprint density at radius 1 is 0.788 bits per heavy atom. The molecule has 4 heterocycles. The summed E-state index contributed by atoms with van der Waals surface area (Å²) in [5, 5.41) is 5.43. The first-order chi connectivity index (χ1) is 24.9. The molecule has 9 heteroatoms. The predicted molar refractivity (Wildman–Crippen MR) is 191 cm³/mol. The molecule has 3 aliphatic rings. The number of hydrogen-bond acceptors (Lipinski definition) is 2. The van der Waals surface area contributed by atoms with E-state index in [1.807, 2.05) is 60.7 Å². The van der Waals surface area contributed by atoms with Gasteiger partial charge in [0.1, 0.15) is 18.7 Å². The van der Waals surface area contributed by atoms with Gasteiger partial charge in [0.15, 0.2) is 0 Å². The minimum Gasteiger partial charge on any atom is -0.363 e. The average molecular weight is 712 g/mol. The summed E-state index contributed by atoms with van der Waals surface area (Å²) >= 11 is 0. The number of alkyl halides is 6. The second-order valence-electron chi connectivity index (χ2n) is 14.4. The van der Waals surface area contributed by atoms with Crippen LogP contribution in [0.3, 0.4) is 0 Å². The fourth-order valence-corrected chi connectivity index (χ4v) is 9.02. The number of hydrogen-bond donors (Lipinski definition) is 0. The number of ether oxygens (including phenoxy) is 1. The molecule has 5 aromatic carbocycles. The number of halogens is 6. The normalized spacial score (nSPS) is 22.6. The molecule has 9 rings (SSSR count). The third-order valence-electron chi connectivity index (χ3n) is 11.4. The van der Waals surface area contributed by atoms with E-state index < -0.39 is 36.2 Å². The molecule has 6 aromatic rings. The highest BCUT2D eigenvalue weighted by Crippen LogP contribution is 2.50. The molecule has 1 aromatic heterocycles. The van der Waals surface area contributed by atoms with Crippen LogP contribution in [0, 0.1) is 11.8 Å². The van der Waals surface area contributed by atoms with E-state index in [0.29, 0.717) is 16.9 Å². The molecule has 2 bridgehead atoms. The summed E-state index contributed by atoms with van der Waals surface area (Å²) in [4.78, 5) is 4.57. The summed E-state index contributed by atoms with van der Waals surface area (Å²) in [6.07, 6.45) is -5.09. The number of piperidine rings is 3. The van der Waals surface area contributed by atoms with E-state index in [0.717, 1.165) is 76.1 Å². The Balaban J connectivity index is 1.28. The van der Waals surface area contributed by atoms with Gasteiger partial charge in [-0.2, -0.15) is 26.3 Å². The second kappa shape index (κ2) is 13.0. The number of rotatable bonds is 8. The van der Waals surface area contributed by atoms with Gasteiger partial charge >= 0.3 is 12.4 Å². The molecule has 3 aliphatic heterocycles. The molecular weight excluding hydrogens is 674 g/mol. The van der Waals surface area contributed by atoms with Crippen LogP contribution in [0.2, 0.25) is 0 Å². The van der Waals surface area contributed by atoms with E-state index in [-0.39, 0.29) is 23.6 Å². The summed E-state index contributed by atoms with van der Waals surface area (Å²) in [6, 6.07) is 30.0. The van der Waals surface area contributed by atoms with Crippen LogP contribution in [0.25, 0.3) is 32.4 Å². The van der Waals surface area contributed by atoms with Gasteiger partial charge in [-0.15, -0.1) is 6.58 Å². The van der Waals surface area contributed by atoms with Crippen molar-refractivity contribution in [2.24, 2.45) is 11.8 Å². The van der Waals surface area contributed by atoms with Gasteiger partial charge in [0.25, 0.3) is 0 Å². The zero-order valence-corrected chi connectivity index (χ0v) is 28.3. The molecule has 0 saturated carbocycles. The Morgan fingerprint density at radius 3 is 2.04 bits per heavy atom. The molecule has 0 radical (unpaired) electrons. The highest BCUT2D eigenvalue weighted by Gasteiger charge is 2.55. The summed E-state index contributed by atoms with van der Waals surface area (Å²) in [5.41, 5.74) is -0.120. The average Bonchev–Trinajstić information content (AvgIpc) is 3.14. The Kier molecular flexibility index (Phi) is 8.62. The number of benzene rings is 5. The number of nitrogens with zero attached hydrogens (tertiary/aromatic N) is 2. The van der Waals surface area contributed by atoms with E-state index in [1.165, 1.54) is 5.56 Å². The lowest BCUT2D eigenvalue weighted by molar-refractivity contribution is -0.984. The smallest absolute Gasteiger partial charge is 0.363 e. The fourth-order valence-electron chi connectivity index (χ4n) is 9.02. The lowest BCUT2D eigenvalue weighted by Gasteiger charge is -2.58. The fraction of sp³-hybridized carbons (Fsp3) is 0.279. The molecule has 3 fully saturated rings. The van der Waals surface area contributed by atoms with Crippen molar-refractivity contribution in [1.82, 2.24) is 4.98 Å². The number of pyridine rings is 1. The van der Waals surface area contributed by atoms with Crippen molar-refractivity contribution in [3.8, 4) is 0 Å². The molecule has 52 heavy (non-hydrogen) atoms. The molecule has 3 nitrogen and oxygen atoms in total. The van der Waals surface area contributed by atoms with Crippen LogP contribution in [0.4, 0.5) is 26.3 Å². The molecule has 3 saturated heterocycles. The van der Waals surface area contributed by atoms with Gasteiger partial charge in [-0.05, 0) is 75.0 Å². The predicted octanol–water partition coefficient (Wildman–Crippen LogP) is 11.4. The standard InChI is InChI=1S/C43H37F6N2O/c1-2-28-24-51(25-38-34-11-5-3-9-30(34)21-31-10-4-6-12-35(31)38)18-16-29(28)22-40(51)41(37-15-17-50-39-14-8-7-13-36(37)39)52-26-27-19-32(42(44,45)46)23-33(20-27)43(47,48)49/h2-15,17,19-21,23,28-29,40-41H,1,16,18,22,24-26H2/q+1/t28?,29?,40-,41+,51-/m1/s1. The number of quaternary nitrogens is 1. The molecule has 2 unspecified atom stereocenters. The van der Waals surface area contributed by atoms with Gasteiger partial charge in [0.2, 0.25) is 0 Å². The van der Waals surface area contributed by atoms with E-state index in [1.54, 1.807) is 6.20 Å². The van der Waals surface area contributed by atoms with Crippen molar-refractivity contribution in [3.05, 3.63) is 150 Å². The van der Waals surface area contributed by atoms with Crippen LogP contribution in [-0.4, -0.2) is 28.6 Å². The first-order valence-electron chi connectivity index (χ1n) is 17.5. The first kappa shape index (κ1) is 34.4. The number of fused-ring (bicyclic) bond motifs is 6. The van der Waals surface area contributed by atoms with Gasteiger partial charge < -0.3 is 9.22 Å². The summed E-state index contributed by atoms with van der Waals surface area (Å²) in [5.74, 6) is 0.565. The minimum atomic E-state index is -4.96. The van der Waals surface area contributed by atoms with Crippen LogP contribution < -0.4 is 0 Å². The number of para-hydroxylation sites is 1. The van der Waals surface area contributed by atoms with Crippen LogP contribution >= 0.6 is 0 Å². The topological polar surface area (TPSA) is 22.1 Å².